The molecule has 0 fully saturated rings. The van der Waals surface area contributed by atoms with Gasteiger partial charge in [0.15, 0.2) is 0 Å². The molecule has 0 spiro atoms. The molecule has 0 aliphatic rings. The van der Waals surface area contributed by atoms with Gasteiger partial charge in [-0.25, -0.2) is 8.78 Å². The van der Waals surface area contributed by atoms with Crippen LogP contribution in [0.3, 0.4) is 0 Å². The van der Waals surface area contributed by atoms with E-state index in [4.69, 9.17) is 16.3 Å². The minimum atomic E-state index is -2.95. The van der Waals surface area contributed by atoms with E-state index in [0.29, 0.717) is 16.5 Å². The molecule has 0 aliphatic carbocycles. The number of rotatable bonds is 3. The molecular weight excluding hydrogens is 294 g/mol. The smallest absolute Gasteiger partial charge is 0.278 e. The molecule has 2 aromatic carbocycles. The van der Waals surface area contributed by atoms with E-state index < -0.39 is 11.3 Å². The van der Waals surface area contributed by atoms with Crippen LogP contribution < -0.4 is 4.74 Å². The van der Waals surface area contributed by atoms with E-state index in [1.165, 1.54) is 32.9 Å². The first kappa shape index (κ1) is 15.8. The van der Waals surface area contributed by atoms with E-state index in [9.17, 15) is 8.78 Å². The minimum absolute atomic E-state index is 0.0699. The van der Waals surface area contributed by atoms with E-state index in [1.54, 1.807) is 36.4 Å². The summed E-state index contributed by atoms with van der Waals surface area (Å²) in [5.74, 6) is -2.17. The number of para-hydroxylation sites is 1. The summed E-state index contributed by atoms with van der Waals surface area (Å²) in [7, 11) is 0. The topological polar surface area (TPSA) is 9.23 Å². The maximum Gasteiger partial charge on any atom is 0.278 e. The lowest BCUT2D eigenvalue weighted by Gasteiger charge is -2.30. The normalized spacial score (nSPS) is 12.3. The van der Waals surface area contributed by atoms with Gasteiger partial charge in [-0.3, -0.25) is 0 Å². The van der Waals surface area contributed by atoms with Gasteiger partial charge in [-0.15, -0.1) is 0 Å². The Hall–Kier alpha value is -1.61. The molecule has 0 bridgehead atoms. The van der Waals surface area contributed by atoms with Crippen molar-refractivity contribution in [1.29, 1.82) is 0 Å². The summed E-state index contributed by atoms with van der Waals surface area (Å²) in [4.78, 5) is 0. The van der Waals surface area contributed by atoms with Crippen molar-refractivity contribution in [2.45, 2.75) is 26.7 Å². The predicted octanol–water partition coefficient (Wildman–Crippen LogP) is 6.27. The third kappa shape index (κ3) is 3.35. The van der Waals surface area contributed by atoms with Gasteiger partial charge in [-0.05, 0) is 24.3 Å². The van der Waals surface area contributed by atoms with Crippen molar-refractivity contribution < 1.29 is 13.5 Å². The van der Waals surface area contributed by atoms with Crippen molar-refractivity contribution in [1.82, 2.24) is 0 Å². The van der Waals surface area contributed by atoms with Crippen LogP contribution in [0, 0.1) is 5.41 Å². The van der Waals surface area contributed by atoms with Crippen molar-refractivity contribution >= 4 is 11.6 Å². The number of benzene rings is 2. The molecule has 2 rings (SSSR count). The maximum absolute atomic E-state index is 14.4. The lowest BCUT2D eigenvalue weighted by atomic mass is 9.83. The van der Waals surface area contributed by atoms with E-state index >= 15 is 0 Å². The Bertz CT molecular complexity index is 633. The Balaban J connectivity index is 2.33. The third-order valence-corrected chi connectivity index (χ3v) is 3.52. The van der Waals surface area contributed by atoms with E-state index in [-0.39, 0.29) is 5.56 Å². The van der Waals surface area contributed by atoms with Gasteiger partial charge in [-0.1, -0.05) is 56.6 Å². The maximum atomic E-state index is 14.4. The lowest BCUT2D eigenvalue weighted by Crippen LogP contribution is -2.31. The van der Waals surface area contributed by atoms with Crippen LogP contribution in [-0.2, 0) is 5.92 Å². The molecule has 21 heavy (non-hydrogen) atoms. The molecule has 4 heteroatoms. The third-order valence-electron chi connectivity index (χ3n) is 3.20. The Kier molecular flexibility index (Phi) is 4.24. The van der Waals surface area contributed by atoms with Crippen LogP contribution >= 0.6 is 11.6 Å². The molecule has 0 heterocycles. The van der Waals surface area contributed by atoms with Crippen molar-refractivity contribution in [3.05, 3.63) is 59.1 Å². The molecule has 0 aromatic heterocycles. The number of hydrogen-bond acceptors (Lipinski definition) is 1. The van der Waals surface area contributed by atoms with Crippen LogP contribution in [0.1, 0.15) is 26.3 Å². The Morgan fingerprint density at radius 3 is 2.24 bits per heavy atom. The highest BCUT2D eigenvalue weighted by Gasteiger charge is 2.44. The zero-order chi connectivity index (χ0) is 15.7. The number of alkyl halides is 2. The molecule has 0 unspecified atom stereocenters. The Morgan fingerprint density at radius 1 is 0.952 bits per heavy atom. The number of halogens is 3. The predicted molar refractivity (Wildman–Crippen MR) is 81.3 cm³/mol. The van der Waals surface area contributed by atoms with Crippen LogP contribution in [0.2, 0.25) is 5.02 Å². The highest BCUT2D eigenvalue weighted by molar-refractivity contribution is 6.32. The molecule has 112 valence electrons. The second kappa shape index (κ2) is 5.64. The Labute approximate surface area is 128 Å². The molecule has 0 amide bonds. The summed E-state index contributed by atoms with van der Waals surface area (Å²) in [6.45, 7) is 4.53. The average Bonchev–Trinajstić information content (AvgIpc) is 2.40. The van der Waals surface area contributed by atoms with Gasteiger partial charge in [0.05, 0.1) is 5.02 Å². The second-order valence-electron chi connectivity index (χ2n) is 5.88. The van der Waals surface area contributed by atoms with Crippen molar-refractivity contribution in [2.24, 2.45) is 5.41 Å². The minimum Gasteiger partial charge on any atom is -0.456 e. The SMILES string of the molecule is CC(C)(C)C(F)(F)c1cccc(Oc2ccccc2Cl)c1. The van der Waals surface area contributed by atoms with Gasteiger partial charge >= 0.3 is 0 Å². The largest absolute Gasteiger partial charge is 0.456 e. The monoisotopic (exact) mass is 310 g/mol. The van der Waals surface area contributed by atoms with Crippen LogP contribution in [-0.4, -0.2) is 0 Å². The first-order valence-corrected chi connectivity index (χ1v) is 7.00. The fourth-order valence-electron chi connectivity index (χ4n) is 1.84. The summed E-state index contributed by atoms with van der Waals surface area (Å²) >= 11 is 6.00. The standard InChI is InChI=1S/C17H17ClF2O/c1-16(2,3)17(19,20)12-7-6-8-13(11-12)21-15-10-5-4-9-14(15)18/h4-11H,1-3H3. The van der Waals surface area contributed by atoms with E-state index in [2.05, 4.69) is 0 Å². The fraction of sp³-hybridized carbons (Fsp3) is 0.294. The van der Waals surface area contributed by atoms with E-state index in [0.717, 1.165) is 0 Å². The van der Waals surface area contributed by atoms with Crippen LogP contribution in [0.4, 0.5) is 8.78 Å². The fourth-order valence-corrected chi connectivity index (χ4v) is 2.02. The molecular formula is C17H17ClF2O. The highest BCUT2D eigenvalue weighted by atomic mass is 35.5. The zero-order valence-corrected chi connectivity index (χ0v) is 12.9. The Morgan fingerprint density at radius 2 is 1.62 bits per heavy atom. The summed E-state index contributed by atoms with van der Waals surface area (Å²) in [5.41, 5.74) is -1.24. The van der Waals surface area contributed by atoms with Crippen LogP contribution in [0.5, 0.6) is 11.5 Å². The van der Waals surface area contributed by atoms with Gasteiger partial charge < -0.3 is 4.74 Å². The molecule has 0 aliphatic heterocycles. The van der Waals surface area contributed by atoms with Gasteiger partial charge in [0.1, 0.15) is 11.5 Å². The first-order valence-electron chi connectivity index (χ1n) is 6.62. The number of ether oxygens (including phenoxy) is 1. The lowest BCUT2D eigenvalue weighted by molar-refractivity contribution is -0.104. The average molecular weight is 311 g/mol. The van der Waals surface area contributed by atoms with Gasteiger partial charge in [-0.2, -0.15) is 0 Å². The molecule has 0 radical (unpaired) electrons. The van der Waals surface area contributed by atoms with Crippen molar-refractivity contribution in [3.63, 3.8) is 0 Å². The molecule has 2 aromatic rings. The van der Waals surface area contributed by atoms with Crippen LogP contribution in [0.15, 0.2) is 48.5 Å². The van der Waals surface area contributed by atoms with Crippen molar-refractivity contribution in [3.8, 4) is 11.5 Å². The molecule has 0 atom stereocenters. The molecule has 0 saturated heterocycles. The number of hydrogen-bond donors (Lipinski definition) is 0. The summed E-state index contributed by atoms with van der Waals surface area (Å²) in [5, 5.41) is 0.436. The molecule has 0 saturated carbocycles. The van der Waals surface area contributed by atoms with Gasteiger partial charge in [0.2, 0.25) is 0 Å². The first-order chi connectivity index (χ1) is 9.72. The summed E-state index contributed by atoms with van der Waals surface area (Å²) in [6, 6.07) is 12.9. The highest BCUT2D eigenvalue weighted by Crippen LogP contribution is 2.45. The van der Waals surface area contributed by atoms with Gasteiger partial charge in [0.25, 0.3) is 5.92 Å². The quantitative estimate of drug-likeness (QED) is 0.649. The second-order valence-corrected chi connectivity index (χ2v) is 6.29. The molecule has 0 N–H and O–H groups in total. The summed E-state index contributed by atoms with van der Waals surface area (Å²) < 4.78 is 34.4. The van der Waals surface area contributed by atoms with E-state index in [1.807, 2.05) is 0 Å². The van der Waals surface area contributed by atoms with Gasteiger partial charge in [0, 0.05) is 11.0 Å². The van der Waals surface area contributed by atoms with Crippen molar-refractivity contribution in [2.75, 3.05) is 0 Å². The van der Waals surface area contributed by atoms with Crippen LogP contribution in [0.25, 0.3) is 0 Å². The summed E-state index contributed by atoms with van der Waals surface area (Å²) in [6.07, 6.45) is 0. The molecule has 1 nitrogen and oxygen atoms in total. The zero-order valence-electron chi connectivity index (χ0n) is 12.2.